The van der Waals surface area contributed by atoms with E-state index in [1.807, 2.05) is 58.4 Å². The maximum absolute atomic E-state index is 14.4. The van der Waals surface area contributed by atoms with Crippen LogP contribution >= 0.6 is 31.2 Å². The number of thioether (sulfide) groups is 1. The molecule has 5 amide bonds. The number of fused-ring (bicyclic) bond motifs is 5. The number of nitrogens with zero attached hydrogens (tertiary/aromatic N) is 4. The molecule has 4 bridgehead atoms. The van der Waals surface area contributed by atoms with Gasteiger partial charge in [-0.05, 0) is 81.8 Å². The molecule has 0 aliphatic carbocycles. The molecule has 4 aliphatic rings. The number of epoxide rings is 1. The Morgan fingerprint density at radius 2 is 1.50 bits per heavy atom. The second kappa shape index (κ2) is 35.8. The molecule has 4 heterocycles. The number of likely N-dealkylation sites (N-methyl/N-ethyl adjacent to an activating group) is 2. The van der Waals surface area contributed by atoms with Gasteiger partial charge >= 0.3 is 12.1 Å². The summed E-state index contributed by atoms with van der Waals surface area (Å²) in [6, 6.07) is 10.0. The van der Waals surface area contributed by atoms with Gasteiger partial charge in [0.2, 0.25) is 23.6 Å². The minimum Gasteiger partial charge on any atom is -0.756 e. The molecule has 0 aromatic heterocycles. The number of hydrogen-bond acceptors (Lipinski definition) is 17. The molecule has 3 saturated heterocycles. The van der Waals surface area contributed by atoms with Gasteiger partial charge in [-0.1, -0.05) is 144 Å². The van der Waals surface area contributed by atoms with Crippen LogP contribution in [0.5, 0.6) is 5.75 Å². The molecule has 3 unspecified atom stereocenters. The number of amides is 5. The number of carbonyl (C=O) groups is 6. The number of aliphatic hydroxyl groups is 1. The predicted molar refractivity (Wildman–Crippen MR) is 355 cm³/mol. The predicted octanol–water partition coefficient (Wildman–Crippen LogP) is 11.0. The third kappa shape index (κ3) is 22.6. The van der Waals surface area contributed by atoms with E-state index in [0.717, 1.165) is 61.6 Å². The number of imide groups is 1. The number of allylic oxidation sites excluding steroid dienone is 3. The fourth-order valence-corrected chi connectivity index (χ4v) is 14.2. The number of methoxy groups -OCH3 is 2. The van der Waals surface area contributed by atoms with Gasteiger partial charge in [0.15, 0.2) is 5.72 Å². The number of nitrogens with one attached hydrogen (secondary N) is 1. The van der Waals surface area contributed by atoms with Crippen molar-refractivity contribution in [2.24, 2.45) is 5.92 Å². The maximum atomic E-state index is 14.4. The summed E-state index contributed by atoms with van der Waals surface area (Å²) in [7, 11) is 7.64. The number of rotatable bonds is 34. The number of carbonyl (C=O) groups excluding carboxylic acids is 6. The summed E-state index contributed by atoms with van der Waals surface area (Å²) in [5.41, 5.74) is 0.509. The fourth-order valence-electron chi connectivity index (χ4n) is 12.0. The molecule has 2 aromatic rings. The van der Waals surface area contributed by atoms with Crippen molar-refractivity contribution < 1.29 is 80.5 Å². The first-order valence-corrected chi connectivity index (χ1v) is 35.8. The highest BCUT2D eigenvalue weighted by Crippen LogP contribution is 2.49. The minimum absolute atomic E-state index is 0.00426. The van der Waals surface area contributed by atoms with Crippen LogP contribution in [0.4, 0.5) is 16.2 Å². The summed E-state index contributed by atoms with van der Waals surface area (Å²) < 4.78 is 52.1. The van der Waals surface area contributed by atoms with Gasteiger partial charge < -0.3 is 57.0 Å². The maximum Gasteiger partial charge on any atom is 0.409 e. The van der Waals surface area contributed by atoms with Crippen LogP contribution in [0.3, 0.4) is 0 Å². The average Bonchev–Trinajstić information content (AvgIpc) is 1.59. The monoisotopic (exact) mass is 1340 g/mol. The number of hydrogen-bond donors (Lipinski definition) is 2. The first-order chi connectivity index (χ1) is 43.6. The Bertz CT molecular complexity index is 2910. The molecule has 2 aromatic carbocycles. The number of esters is 1. The van der Waals surface area contributed by atoms with Crippen molar-refractivity contribution in [3.63, 3.8) is 0 Å². The molecule has 2 N–H and O–H groups in total. The van der Waals surface area contributed by atoms with Crippen molar-refractivity contribution in [1.82, 2.24) is 10.2 Å². The third-order valence-electron chi connectivity index (χ3n) is 18.1. The van der Waals surface area contributed by atoms with Crippen LogP contribution in [0, 0.1) is 5.92 Å². The highest BCUT2D eigenvalue weighted by Gasteiger charge is 2.64. The van der Waals surface area contributed by atoms with Gasteiger partial charge in [-0.15, -0.1) is 11.8 Å². The Morgan fingerprint density at radius 1 is 0.902 bits per heavy atom. The van der Waals surface area contributed by atoms with Crippen LogP contribution < -0.4 is 24.7 Å². The van der Waals surface area contributed by atoms with Crippen molar-refractivity contribution >= 4 is 78.3 Å². The van der Waals surface area contributed by atoms with E-state index in [0.29, 0.717) is 34.6 Å². The normalized spacial score (nSPS) is 25.7. The summed E-state index contributed by atoms with van der Waals surface area (Å²) in [6.07, 6.45) is 19.9. The third-order valence-corrected chi connectivity index (χ3v) is 20.7. The van der Waals surface area contributed by atoms with Crippen molar-refractivity contribution in [1.29, 1.82) is 0 Å². The molecule has 24 heteroatoms. The molecule has 21 nitrogen and oxygen atoms in total. The quantitative estimate of drug-likeness (QED) is 0.0165. The number of unbranched alkanes of at least 4 members (excludes halogenated alkanes) is 15. The standard InChI is InChI=1S/C68H103ClN5O16PS/c1-47-29-28-31-57(85-11)68(81)46-55(88-66(80)70-68)48(2)63-67(4,90-63)58(45-60(76)72(6)53-42-51(41-47)43-54(84-10)62(53)69)89-65(79)49(3)71(5)59(75)36-40-92-56-44-61(77)73(64(56)78)52-34-32-50(33-35-52)30-26-24-22-20-18-16-14-12-13-15-17-19-21-23-25-27-38-86-91(82,83)87-39-37-74(7,8)9/h28-29,31-35,42-43,48-49,55-58,63,81H,12-27,30,36-41,44-46H2,1-11H3,(H-,70,80,82,83)/b31-28+,47-29+/t48-,49+,55+,56?,57-,58+,63?,67-,68+/m1/s1. The number of benzene rings is 2. The number of phosphoric acid groups is 1. The zero-order chi connectivity index (χ0) is 67.4. The summed E-state index contributed by atoms with van der Waals surface area (Å²) >= 11 is 8.07. The van der Waals surface area contributed by atoms with Crippen molar-refractivity contribution in [3.8, 4) is 5.75 Å². The molecule has 0 saturated carbocycles. The zero-order valence-corrected chi connectivity index (χ0v) is 58.7. The number of alkyl carbamates (subject to hydrolysis) is 1. The SMILES string of the molecule is COc1cc2cc(c1Cl)N(C)C(=O)C[C@H](OC(=O)[C@H](C)N(C)C(=O)CCSC1CC(=O)N(c3ccc(CCCCCCCCCCCCCCCCCCOP(=O)([O-])OCC[N+](C)(C)C)cc3)C1=O)[C@@]1(C)OC1[C@H](C)[C@@H]1C[C@@](O)(NC(=O)O1)[C@H](OC)/C=C/C=C(\C)C2. The summed E-state index contributed by atoms with van der Waals surface area (Å²) in [6.45, 7) is 7.80. The van der Waals surface area contributed by atoms with E-state index in [4.69, 9.17) is 44.3 Å². The van der Waals surface area contributed by atoms with E-state index < -0.39 is 84.7 Å². The Kier molecular flexibility index (Phi) is 29.6. The van der Waals surface area contributed by atoms with E-state index >= 15 is 0 Å². The molecule has 10 atom stereocenters. The van der Waals surface area contributed by atoms with Crippen molar-refractivity contribution in [3.05, 3.63) is 76.3 Å². The molecule has 0 radical (unpaired) electrons. The van der Waals surface area contributed by atoms with Gasteiger partial charge in [-0.3, -0.25) is 29.1 Å². The molecule has 0 spiro atoms. The Hall–Kier alpha value is -4.87. The van der Waals surface area contributed by atoms with Gasteiger partial charge in [0.1, 0.15) is 53.9 Å². The second-order valence-electron chi connectivity index (χ2n) is 26.5. The Labute approximate surface area is 555 Å². The fraction of sp³-hybridized carbons (Fsp3) is 0.676. The van der Waals surface area contributed by atoms with E-state index in [9.17, 15) is 43.3 Å². The molecule has 6 rings (SSSR count). The molecule has 4 aliphatic heterocycles. The molecular weight excluding hydrogens is 1240 g/mol. The molecular formula is C68H103ClN5O16PS. The van der Waals surface area contributed by atoms with Crippen LogP contribution in [0.25, 0.3) is 0 Å². The topological polar surface area (TPSA) is 252 Å². The van der Waals surface area contributed by atoms with Crippen LogP contribution in [0.2, 0.25) is 5.02 Å². The van der Waals surface area contributed by atoms with Crippen molar-refractivity contribution in [2.75, 3.05) is 84.8 Å². The summed E-state index contributed by atoms with van der Waals surface area (Å²) in [5.74, 6) is -2.40. The smallest absolute Gasteiger partial charge is 0.409 e. The van der Waals surface area contributed by atoms with E-state index in [1.54, 1.807) is 45.2 Å². The molecule has 92 heavy (non-hydrogen) atoms. The number of ether oxygens (including phenoxy) is 5. The van der Waals surface area contributed by atoms with E-state index in [1.165, 1.54) is 119 Å². The van der Waals surface area contributed by atoms with Gasteiger partial charge in [-0.25, -0.2) is 14.5 Å². The van der Waals surface area contributed by atoms with Crippen LogP contribution in [0.1, 0.15) is 167 Å². The first kappa shape index (κ1) is 76.2. The minimum atomic E-state index is -4.22. The number of aryl methyl sites for hydroxylation is 1. The van der Waals surface area contributed by atoms with Crippen molar-refractivity contribution in [2.45, 2.75) is 216 Å². The van der Waals surface area contributed by atoms with E-state index in [2.05, 4.69) is 5.32 Å². The van der Waals surface area contributed by atoms with Crippen LogP contribution in [-0.2, 0) is 69.4 Å². The van der Waals surface area contributed by atoms with Gasteiger partial charge in [0, 0.05) is 52.1 Å². The Balaban J connectivity index is 0.903. The highest BCUT2D eigenvalue weighted by atomic mass is 35.5. The van der Waals surface area contributed by atoms with Gasteiger partial charge in [0.25, 0.3) is 7.82 Å². The van der Waals surface area contributed by atoms with Gasteiger partial charge in [0.05, 0.1) is 64.0 Å². The second-order valence-corrected chi connectivity index (χ2v) is 29.6. The molecule has 514 valence electrons. The van der Waals surface area contributed by atoms with Gasteiger partial charge in [-0.2, -0.15) is 0 Å². The largest absolute Gasteiger partial charge is 0.756 e. The van der Waals surface area contributed by atoms with Crippen LogP contribution in [-0.4, -0.2) is 172 Å². The lowest BCUT2D eigenvalue weighted by Crippen LogP contribution is -2.63. The molecule has 3 fully saturated rings. The lowest BCUT2D eigenvalue weighted by atomic mass is 9.83. The summed E-state index contributed by atoms with van der Waals surface area (Å²) in [5, 5.41) is 13.9. The lowest BCUT2D eigenvalue weighted by molar-refractivity contribution is -0.870. The highest BCUT2D eigenvalue weighted by molar-refractivity contribution is 8.00. The van der Waals surface area contributed by atoms with Crippen LogP contribution in [0.15, 0.2) is 60.2 Å². The Morgan fingerprint density at radius 3 is 2.10 bits per heavy atom. The number of anilines is 2. The zero-order valence-electron chi connectivity index (χ0n) is 56.2. The number of halogens is 1. The first-order valence-electron chi connectivity index (χ1n) is 32.9. The number of phosphoric ester groups is 1. The lowest BCUT2D eigenvalue weighted by Gasteiger charge is -2.42. The summed E-state index contributed by atoms with van der Waals surface area (Å²) in [4.78, 5) is 98.2. The average molecular weight is 1350 g/mol. The number of quaternary nitrogens is 1. The van der Waals surface area contributed by atoms with E-state index in [-0.39, 0.29) is 61.5 Å².